The van der Waals surface area contributed by atoms with E-state index in [1.807, 2.05) is 25.2 Å². The van der Waals surface area contributed by atoms with E-state index in [4.69, 9.17) is 10.6 Å². The van der Waals surface area contributed by atoms with Crippen LogP contribution in [0.25, 0.3) is 0 Å². The van der Waals surface area contributed by atoms with Gasteiger partial charge in [0, 0.05) is 6.54 Å². The highest BCUT2D eigenvalue weighted by molar-refractivity contribution is 5.28. The van der Waals surface area contributed by atoms with Gasteiger partial charge in [0.15, 0.2) is 0 Å². The van der Waals surface area contributed by atoms with Gasteiger partial charge in [0.25, 0.3) is 0 Å². The zero-order chi connectivity index (χ0) is 10.4. The molecule has 0 aliphatic heterocycles. The third-order valence-corrected chi connectivity index (χ3v) is 1.95. The molecule has 0 aromatic heterocycles. The van der Waals surface area contributed by atoms with E-state index in [0.29, 0.717) is 6.67 Å². The maximum absolute atomic E-state index is 5.22. The van der Waals surface area contributed by atoms with Gasteiger partial charge in [0.2, 0.25) is 0 Å². The number of rotatable bonds is 5. The summed E-state index contributed by atoms with van der Waals surface area (Å²) >= 11 is 0. The van der Waals surface area contributed by atoms with Gasteiger partial charge in [-0.2, -0.15) is 0 Å². The van der Waals surface area contributed by atoms with Gasteiger partial charge in [-0.25, -0.2) is 5.43 Å². The summed E-state index contributed by atoms with van der Waals surface area (Å²) in [5.74, 6) is 6.11. The lowest BCUT2D eigenvalue weighted by Gasteiger charge is -2.15. The van der Waals surface area contributed by atoms with Crippen molar-refractivity contribution in [3.05, 3.63) is 29.8 Å². The van der Waals surface area contributed by atoms with Crippen molar-refractivity contribution < 1.29 is 4.74 Å². The normalized spacial score (nSPS) is 10.6. The van der Waals surface area contributed by atoms with E-state index >= 15 is 0 Å². The Hall–Kier alpha value is -1.10. The number of nitrogens with two attached hydrogens (primary N) is 1. The van der Waals surface area contributed by atoms with Crippen molar-refractivity contribution in [3.8, 4) is 5.75 Å². The van der Waals surface area contributed by atoms with Gasteiger partial charge >= 0.3 is 0 Å². The molecule has 4 nitrogen and oxygen atoms in total. The zero-order valence-corrected chi connectivity index (χ0v) is 8.66. The van der Waals surface area contributed by atoms with Crippen LogP contribution in [-0.2, 0) is 6.54 Å². The summed E-state index contributed by atoms with van der Waals surface area (Å²) in [4.78, 5) is 2.08. The van der Waals surface area contributed by atoms with Crippen molar-refractivity contribution in [3.63, 3.8) is 0 Å². The van der Waals surface area contributed by atoms with Crippen LogP contribution < -0.4 is 16.0 Å². The highest BCUT2D eigenvalue weighted by Gasteiger charge is 1.99. The van der Waals surface area contributed by atoms with Crippen molar-refractivity contribution in [1.82, 2.24) is 10.3 Å². The molecule has 0 aliphatic carbocycles. The smallest absolute Gasteiger partial charge is 0.119 e. The van der Waals surface area contributed by atoms with Crippen LogP contribution in [0.3, 0.4) is 0 Å². The molecule has 1 aromatic rings. The highest BCUT2D eigenvalue weighted by Crippen LogP contribution is 2.13. The molecular weight excluding hydrogens is 178 g/mol. The van der Waals surface area contributed by atoms with E-state index in [1.165, 1.54) is 5.56 Å². The first kappa shape index (κ1) is 11.0. The molecular formula is C10H17N3O. The molecule has 0 amide bonds. The van der Waals surface area contributed by atoms with Gasteiger partial charge in [-0.15, -0.1) is 0 Å². The van der Waals surface area contributed by atoms with E-state index < -0.39 is 0 Å². The standard InChI is InChI=1S/C10H17N3O/c1-13(8-12-11)7-9-4-3-5-10(6-9)14-2/h3-6,12H,7-8,11H2,1-2H3. The fourth-order valence-corrected chi connectivity index (χ4v) is 1.29. The number of methoxy groups -OCH3 is 1. The van der Waals surface area contributed by atoms with Gasteiger partial charge in [-0.05, 0) is 24.7 Å². The lowest BCUT2D eigenvalue weighted by Crippen LogP contribution is -2.34. The Morgan fingerprint density at radius 1 is 1.50 bits per heavy atom. The first-order valence-corrected chi connectivity index (χ1v) is 4.51. The lowest BCUT2D eigenvalue weighted by molar-refractivity contribution is 0.301. The molecule has 0 heterocycles. The monoisotopic (exact) mass is 195 g/mol. The second-order valence-electron chi connectivity index (χ2n) is 3.23. The maximum Gasteiger partial charge on any atom is 0.119 e. The minimum atomic E-state index is 0.664. The van der Waals surface area contributed by atoms with Crippen LogP contribution in [0.15, 0.2) is 24.3 Å². The zero-order valence-electron chi connectivity index (χ0n) is 8.66. The van der Waals surface area contributed by atoms with E-state index in [0.717, 1.165) is 12.3 Å². The Bertz CT molecular complexity index is 278. The van der Waals surface area contributed by atoms with Crippen LogP contribution in [0.1, 0.15) is 5.56 Å². The molecule has 0 aliphatic rings. The summed E-state index contributed by atoms with van der Waals surface area (Å²) in [6.07, 6.45) is 0. The average Bonchev–Trinajstić information content (AvgIpc) is 2.18. The Labute approximate surface area is 84.6 Å². The van der Waals surface area contributed by atoms with Gasteiger partial charge < -0.3 is 4.74 Å². The SMILES string of the molecule is COc1cccc(CN(C)CNN)c1. The molecule has 1 rings (SSSR count). The van der Waals surface area contributed by atoms with E-state index in [1.54, 1.807) is 7.11 Å². The van der Waals surface area contributed by atoms with Crippen LogP contribution in [0, 0.1) is 0 Å². The van der Waals surface area contributed by atoms with Gasteiger partial charge in [0.1, 0.15) is 5.75 Å². The van der Waals surface area contributed by atoms with Crippen molar-refractivity contribution in [1.29, 1.82) is 0 Å². The summed E-state index contributed by atoms with van der Waals surface area (Å²) in [7, 11) is 3.67. The van der Waals surface area contributed by atoms with E-state index in [2.05, 4.69) is 16.4 Å². The average molecular weight is 195 g/mol. The molecule has 3 N–H and O–H groups in total. The molecule has 1 aromatic carbocycles. The molecule has 0 bridgehead atoms. The van der Waals surface area contributed by atoms with Crippen molar-refractivity contribution >= 4 is 0 Å². The first-order chi connectivity index (χ1) is 6.76. The Balaban J connectivity index is 2.57. The highest BCUT2D eigenvalue weighted by atomic mass is 16.5. The molecule has 0 spiro atoms. The van der Waals surface area contributed by atoms with Gasteiger partial charge in [0.05, 0.1) is 13.8 Å². The molecule has 4 heteroatoms. The van der Waals surface area contributed by atoms with Crippen LogP contribution in [0.4, 0.5) is 0 Å². The third kappa shape index (κ3) is 3.33. The summed E-state index contributed by atoms with van der Waals surface area (Å²) in [5.41, 5.74) is 3.82. The summed E-state index contributed by atoms with van der Waals surface area (Å²) < 4.78 is 5.14. The molecule has 0 saturated carbocycles. The van der Waals surface area contributed by atoms with Crippen molar-refractivity contribution in [2.75, 3.05) is 20.8 Å². The topological polar surface area (TPSA) is 50.5 Å². The van der Waals surface area contributed by atoms with Crippen LogP contribution >= 0.6 is 0 Å². The Morgan fingerprint density at radius 2 is 2.29 bits per heavy atom. The van der Waals surface area contributed by atoms with E-state index in [9.17, 15) is 0 Å². The number of hydrogen-bond donors (Lipinski definition) is 2. The van der Waals surface area contributed by atoms with Crippen LogP contribution in [-0.4, -0.2) is 25.7 Å². The van der Waals surface area contributed by atoms with Crippen LogP contribution in [0.5, 0.6) is 5.75 Å². The van der Waals surface area contributed by atoms with Crippen LogP contribution in [0.2, 0.25) is 0 Å². The molecule has 0 atom stereocenters. The first-order valence-electron chi connectivity index (χ1n) is 4.51. The minimum Gasteiger partial charge on any atom is -0.497 e. The predicted molar refractivity (Wildman–Crippen MR) is 56.7 cm³/mol. The van der Waals surface area contributed by atoms with E-state index in [-0.39, 0.29) is 0 Å². The Kier molecular flexibility index (Phi) is 4.39. The Morgan fingerprint density at radius 3 is 2.93 bits per heavy atom. The fourth-order valence-electron chi connectivity index (χ4n) is 1.29. The summed E-state index contributed by atoms with van der Waals surface area (Å²) in [5, 5.41) is 0. The number of ether oxygens (including phenoxy) is 1. The molecule has 0 saturated heterocycles. The maximum atomic E-state index is 5.22. The second kappa shape index (κ2) is 5.59. The predicted octanol–water partition coefficient (Wildman–Crippen LogP) is 0.548. The number of nitrogens with zero attached hydrogens (tertiary/aromatic N) is 1. The molecule has 0 radical (unpaired) electrons. The van der Waals surface area contributed by atoms with Crippen molar-refractivity contribution in [2.24, 2.45) is 5.84 Å². The number of hydrogen-bond acceptors (Lipinski definition) is 4. The lowest BCUT2D eigenvalue weighted by atomic mass is 10.2. The summed E-state index contributed by atoms with van der Waals surface area (Å²) in [6.45, 7) is 1.51. The molecule has 0 fully saturated rings. The number of nitrogens with one attached hydrogen (secondary N) is 1. The number of benzene rings is 1. The number of hydrazine groups is 1. The largest absolute Gasteiger partial charge is 0.497 e. The molecule has 78 valence electrons. The van der Waals surface area contributed by atoms with Gasteiger partial charge in [-0.3, -0.25) is 10.7 Å². The molecule has 0 unspecified atom stereocenters. The molecule has 14 heavy (non-hydrogen) atoms. The summed E-state index contributed by atoms with van der Waals surface area (Å²) in [6, 6.07) is 8.01. The minimum absolute atomic E-state index is 0.664. The second-order valence-corrected chi connectivity index (χ2v) is 3.23. The van der Waals surface area contributed by atoms with Crippen molar-refractivity contribution in [2.45, 2.75) is 6.54 Å². The fraction of sp³-hybridized carbons (Fsp3) is 0.400. The van der Waals surface area contributed by atoms with Gasteiger partial charge in [-0.1, -0.05) is 12.1 Å². The third-order valence-electron chi connectivity index (χ3n) is 1.95. The quantitative estimate of drug-likeness (QED) is 0.409.